The van der Waals surface area contributed by atoms with Crippen molar-refractivity contribution in [1.82, 2.24) is 19.5 Å². The lowest BCUT2D eigenvalue weighted by molar-refractivity contribution is -0.00518. The minimum Gasteiger partial charge on any atom is -0.493 e. The maximum atomic E-state index is 13.0. The van der Waals surface area contributed by atoms with E-state index >= 15 is 0 Å². The molecule has 11 nitrogen and oxygen atoms in total. The molecule has 0 unspecified atom stereocenters. The zero-order chi connectivity index (χ0) is 29.3. The molecule has 43 heavy (non-hydrogen) atoms. The second-order valence-electron chi connectivity index (χ2n) is 12.9. The van der Waals surface area contributed by atoms with Gasteiger partial charge in [-0.05, 0) is 91.5 Å². The quantitative estimate of drug-likeness (QED) is 0.265. The van der Waals surface area contributed by atoms with Crippen molar-refractivity contribution in [1.29, 1.82) is 0 Å². The summed E-state index contributed by atoms with van der Waals surface area (Å²) in [7, 11) is 0. The smallest absolute Gasteiger partial charge is 0.335 e. The van der Waals surface area contributed by atoms with Crippen LogP contribution in [0.4, 0.5) is 11.4 Å². The van der Waals surface area contributed by atoms with Gasteiger partial charge in [-0.15, -0.1) is 0 Å². The van der Waals surface area contributed by atoms with Crippen LogP contribution >= 0.6 is 0 Å². The van der Waals surface area contributed by atoms with E-state index in [1.807, 2.05) is 18.2 Å². The van der Waals surface area contributed by atoms with Crippen molar-refractivity contribution in [2.45, 2.75) is 43.9 Å². The van der Waals surface area contributed by atoms with Gasteiger partial charge in [-0.3, -0.25) is 14.8 Å². The third-order valence-corrected chi connectivity index (χ3v) is 10.2. The highest BCUT2D eigenvalue weighted by atomic mass is 16.5. The minimum atomic E-state index is -0.739. The first-order chi connectivity index (χ1) is 20.8. The summed E-state index contributed by atoms with van der Waals surface area (Å²) in [5, 5.41) is 11.2. The van der Waals surface area contributed by atoms with Gasteiger partial charge >= 0.3 is 11.4 Å². The van der Waals surface area contributed by atoms with E-state index in [4.69, 9.17) is 4.74 Å². The predicted octanol–water partition coefficient (Wildman–Crippen LogP) is 3.46. The zero-order valence-electron chi connectivity index (χ0n) is 23.8. The summed E-state index contributed by atoms with van der Waals surface area (Å²) >= 11 is 0. The fourth-order valence-corrected chi connectivity index (χ4v) is 8.68. The molecule has 5 fully saturated rings. The Labute approximate surface area is 246 Å². The van der Waals surface area contributed by atoms with Crippen molar-refractivity contribution in [3.05, 3.63) is 78.8 Å². The Kier molecular flexibility index (Phi) is 6.01. The third kappa shape index (κ3) is 4.45. The van der Waals surface area contributed by atoms with E-state index < -0.39 is 17.1 Å². The number of benzene rings is 2. The van der Waals surface area contributed by atoms with E-state index in [0.29, 0.717) is 48.7 Å². The number of nitrogens with zero attached hydrogens (tertiary/aromatic N) is 3. The number of imidazole rings is 1. The number of morpholine rings is 1. The Morgan fingerprint density at radius 3 is 2.16 bits per heavy atom. The molecule has 1 aliphatic heterocycles. The molecule has 0 radical (unpaired) electrons. The van der Waals surface area contributed by atoms with Crippen LogP contribution in [0, 0.1) is 17.8 Å². The van der Waals surface area contributed by atoms with Crippen LogP contribution in [0.5, 0.6) is 5.88 Å². The van der Waals surface area contributed by atoms with Crippen LogP contribution in [0.3, 0.4) is 0 Å². The molecule has 9 rings (SSSR count). The van der Waals surface area contributed by atoms with Crippen molar-refractivity contribution in [3.8, 4) is 11.6 Å². The Morgan fingerprint density at radius 2 is 1.51 bits per heavy atom. The molecular weight excluding hydrogens is 548 g/mol. The lowest BCUT2D eigenvalue weighted by atomic mass is 9.48. The number of nitrogens with one attached hydrogen (secondary N) is 3. The zero-order valence-corrected chi connectivity index (χ0v) is 23.8. The molecule has 4 saturated carbocycles. The summed E-state index contributed by atoms with van der Waals surface area (Å²) in [6.45, 7) is 2.38. The molecule has 1 saturated heterocycles. The van der Waals surface area contributed by atoms with Crippen LogP contribution in [-0.2, 0) is 10.2 Å². The molecule has 3 heterocycles. The van der Waals surface area contributed by atoms with Gasteiger partial charge in [0, 0.05) is 19.3 Å². The highest BCUT2D eigenvalue weighted by molar-refractivity contribution is 5.91. The van der Waals surface area contributed by atoms with Gasteiger partial charge in [0.1, 0.15) is 5.56 Å². The molecule has 222 valence electrons. The average molecular weight is 583 g/mol. The van der Waals surface area contributed by atoms with Crippen molar-refractivity contribution in [2.24, 2.45) is 22.7 Å². The van der Waals surface area contributed by atoms with Crippen LogP contribution in [0.15, 0.2) is 55.8 Å². The lowest BCUT2D eigenvalue weighted by Crippen LogP contribution is -2.48. The first kappa shape index (κ1) is 26.3. The molecule has 0 spiro atoms. The van der Waals surface area contributed by atoms with Crippen LogP contribution in [-0.4, -0.2) is 57.1 Å². The van der Waals surface area contributed by atoms with Crippen LogP contribution in [0.2, 0.25) is 0 Å². The summed E-state index contributed by atoms with van der Waals surface area (Å²) < 4.78 is 6.61. The fourth-order valence-electron chi connectivity index (χ4n) is 8.68. The van der Waals surface area contributed by atoms with Gasteiger partial charge in [-0.25, -0.2) is 14.2 Å². The Bertz CT molecular complexity index is 1890. The molecule has 4 aliphatic carbocycles. The van der Waals surface area contributed by atoms with E-state index in [1.165, 1.54) is 50.3 Å². The van der Waals surface area contributed by atoms with Crippen LogP contribution in [0.1, 0.15) is 49.7 Å². The molecule has 5 aliphatic rings. The van der Waals surface area contributed by atoms with E-state index in [1.54, 1.807) is 6.07 Å². The number of ether oxygens (including phenoxy) is 1. The number of rotatable bonds is 5. The topological polar surface area (TPSA) is 149 Å². The number of H-pyrrole nitrogens is 3. The number of aromatic hydroxyl groups is 1. The number of aliphatic imine (C=N–C) groups is 1. The van der Waals surface area contributed by atoms with Crippen molar-refractivity contribution >= 4 is 28.6 Å². The molecule has 2 aromatic carbocycles. The molecule has 4 N–H and O–H groups in total. The summed E-state index contributed by atoms with van der Waals surface area (Å²) in [5.74, 6) is 1.98. The maximum Gasteiger partial charge on any atom is 0.335 e. The number of fused-ring (bicyclic) bond motifs is 1. The van der Waals surface area contributed by atoms with Gasteiger partial charge < -0.3 is 24.7 Å². The number of anilines is 1. The molecule has 0 atom stereocenters. The van der Waals surface area contributed by atoms with Gasteiger partial charge in [0.2, 0.25) is 5.88 Å². The predicted molar refractivity (Wildman–Crippen MR) is 163 cm³/mol. The first-order valence-corrected chi connectivity index (χ1v) is 15.2. The summed E-state index contributed by atoms with van der Waals surface area (Å²) in [6, 6.07) is 11.5. The largest absolute Gasteiger partial charge is 0.493 e. The summed E-state index contributed by atoms with van der Waals surface area (Å²) in [4.78, 5) is 52.3. The van der Waals surface area contributed by atoms with Crippen LogP contribution < -0.4 is 21.8 Å². The van der Waals surface area contributed by atoms with Crippen molar-refractivity contribution in [3.63, 3.8) is 0 Å². The van der Waals surface area contributed by atoms with Crippen LogP contribution in [0.25, 0.3) is 16.7 Å². The van der Waals surface area contributed by atoms with E-state index in [0.717, 1.165) is 28.0 Å². The Balaban J connectivity index is 1.15. The Hall–Kier alpha value is -4.38. The van der Waals surface area contributed by atoms with Crippen molar-refractivity contribution in [2.75, 3.05) is 31.2 Å². The number of hydrogen-bond acceptors (Lipinski definition) is 7. The number of aromatic amines is 3. The van der Waals surface area contributed by atoms with Gasteiger partial charge in [0.15, 0.2) is 0 Å². The fraction of sp³-hybridized carbons (Fsp3) is 0.438. The second-order valence-corrected chi connectivity index (χ2v) is 12.9. The first-order valence-electron chi connectivity index (χ1n) is 15.2. The standard InChI is InChI=1S/C32H34N6O5/c39-28-23(17-33-26-12-24-25(35-30(41)34-24)13-27(26)37-5-7-43-8-6-37)29(40)38(31(42)36-28)22-3-1-21(2-4-22)32-14-18-9-19(15-32)11-20(10-18)16-32/h1-4,12-13,17-20,40H,5-11,14-16H2,(H2,34,35,41)(H,36,39,42). The molecule has 2 aromatic heterocycles. The van der Waals surface area contributed by atoms with Crippen molar-refractivity contribution < 1.29 is 9.84 Å². The summed E-state index contributed by atoms with van der Waals surface area (Å²) in [6.07, 6.45) is 9.07. The van der Waals surface area contributed by atoms with E-state index in [9.17, 15) is 19.5 Å². The normalized spacial score (nSPS) is 26.6. The Morgan fingerprint density at radius 1 is 0.884 bits per heavy atom. The number of aromatic nitrogens is 4. The highest BCUT2D eigenvalue weighted by Crippen LogP contribution is 2.60. The molecular formula is C32H34N6O5. The van der Waals surface area contributed by atoms with Gasteiger partial charge in [-0.2, -0.15) is 0 Å². The molecule has 4 aromatic rings. The molecule has 4 bridgehead atoms. The monoisotopic (exact) mass is 582 g/mol. The minimum absolute atomic E-state index is 0.139. The van der Waals surface area contributed by atoms with E-state index in [2.05, 4.69) is 37.0 Å². The van der Waals surface area contributed by atoms with E-state index in [-0.39, 0.29) is 16.7 Å². The van der Waals surface area contributed by atoms with Gasteiger partial charge in [0.25, 0.3) is 5.56 Å². The number of hydrogen-bond donors (Lipinski definition) is 4. The SMILES string of the molecule is O=c1[nH]c2cc(N=Cc3c(O)n(-c4ccc(C56CC7CC(CC(C7)C5)C6)cc4)c(=O)[nH]c3=O)c(N3CCOCC3)cc2[nH]1. The summed E-state index contributed by atoms with van der Waals surface area (Å²) in [5.41, 5.74) is 2.52. The second kappa shape index (κ2) is 9.84. The average Bonchev–Trinajstić information content (AvgIpc) is 3.35. The lowest BCUT2D eigenvalue weighted by Gasteiger charge is -2.57. The highest BCUT2D eigenvalue weighted by Gasteiger charge is 2.51. The maximum absolute atomic E-state index is 13.0. The molecule has 0 amide bonds. The molecule has 11 heteroatoms. The van der Waals surface area contributed by atoms with Gasteiger partial charge in [0.05, 0.1) is 41.3 Å². The third-order valence-electron chi connectivity index (χ3n) is 10.2. The van der Waals surface area contributed by atoms with Gasteiger partial charge in [-0.1, -0.05) is 12.1 Å².